The molecule has 2 rings (SSSR count). The zero-order valence-corrected chi connectivity index (χ0v) is 6.70. The van der Waals surface area contributed by atoms with Crippen molar-refractivity contribution in [1.29, 1.82) is 0 Å². The van der Waals surface area contributed by atoms with Crippen molar-refractivity contribution >= 4 is 10.9 Å². The third-order valence-electron chi connectivity index (χ3n) is 1.78. The van der Waals surface area contributed by atoms with Crippen LogP contribution in [0.15, 0.2) is 36.9 Å². The molecule has 0 atom stereocenters. The van der Waals surface area contributed by atoms with Crippen molar-refractivity contribution < 1.29 is 0 Å². The Morgan fingerprint density at radius 2 is 2.33 bits per heavy atom. The number of para-hydroxylation sites is 1. The lowest BCUT2D eigenvalue weighted by Gasteiger charge is -1.96. The summed E-state index contributed by atoms with van der Waals surface area (Å²) in [5, 5.41) is 5.16. The van der Waals surface area contributed by atoms with E-state index in [0.29, 0.717) is 0 Å². The Morgan fingerprint density at radius 1 is 1.50 bits per heavy atom. The van der Waals surface area contributed by atoms with Crippen LogP contribution in [-0.2, 0) is 6.54 Å². The second-order valence-electron chi connectivity index (χ2n) is 2.60. The summed E-state index contributed by atoms with van der Waals surface area (Å²) in [6, 6.07) is 8.01. The van der Waals surface area contributed by atoms with Crippen LogP contribution in [0.4, 0.5) is 0 Å². The predicted octanol–water partition coefficient (Wildman–Crippen LogP) is 2.02. The molecule has 1 aromatic carbocycles. The number of rotatable bonds is 2. The van der Waals surface area contributed by atoms with Gasteiger partial charge in [-0.1, -0.05) is 24.3 Å². The minimum Gasteiger partial charge on any atom is -0.260 e. The molecule has 0 saturated heterocycles. The first-order chi connectivity index (χ1) is 5.92. The number of allylic oxidation sites excluding steroid dienone is 1. The Morgan fingerprint density at radius 3 is 3.17 bits per heavy atom. The van der Waals surface area contributed by atoms with Gasteiger partial charge in [-0.3, -0.25) is 4.68 Å². The molecule has 0 aliphatic carbocycles. The van der Waals surface area contributed by atoms with Crippen molar-refractivity contribution in [1.82, 2.24) is 9.78 Å². The monoisotopic (exact) mass is 157 g/mol. The molecule has 0 saturated carbocycles. The average Bonchev–Trinajstić information content (AvgIpc) is 2.50. The van der Waals surface area contributed by atoms with E-state index in [0.717, 1.165) is 17.4 Å². The lowest BCUT2D eigenvalue weighted by molar-refractivity contribution is 0.727. The van der Waals surface area contributed by atoms with Gasteiger partial charge in [0.15, 0.2) is 0 Å². The van der Waals surface area contributed by atoms with Crippen molar-refractivity contribution in [2.75, 3.05) is 0 Å². The van der Waals surface area contributed by atoms with Crippen LogP contribution in [0.3, 0.4) is 0 Å². The molecule has 0 spiro atoms. The lowest BCUT2D eigenvalue weighted by atomic mass is 10.3. The maximum atomic E-state index is 4.11. The van der Waals surface area contributed by atoms with Gasteiger partial charge >= 0.3 is 0 Å². The fourth-order valence-electron chi connectivity index (χ4n) is 1.22. The van der Waals surface area contributed by atoms with Crippen LogP contribution in [0.1, 0.15) is 0 Å². The zero-order valence-electron chi connectivity index (χ0n) is 6.70. The first-order valence-electron chi connectivity index (χ1n) is 3.86. The molecule has 0 bridgehead atoms. The van der Waals surface area contributed by atoms with Gasteiger partial charge in [-0.25, -0.2) is 0 Å². The molecule has 0 N–H and O–H groups in total. The number of aromatic nitrogens is 2. The summed E-state index contributed by atoms with van der Waals surface area (Å²) in [7, 11) is 0. The number of hydrogen-bond donors (Lipinski definition) is 0. The molecular weight excluding hydrogens is 148 g/mol. The average molecular weight is 157 g/mol. The lowest BCUT2D eigenvalue weighted by Crippen LogP contribution is -1.95. The van der Waals surface area contributed by atoms with Crippen LogP contribution < -0.4 is 0 Å². The van der Waals surface area contributed by atoms with Gasteiger partial charge in [0.25, 0.3) is 0 Å². The second-order valence-corrected chi connectivity index (χ2v) is 2.60. The van der Waals surface area contributed by atoms with Crippen LogP contribution in [-0.4, -0.2) is 9.78 Å². The molecule has 1 aromatic heterocycles. The first-order valence-corrected chi connectivity index (χ1v) is 3.86. The van der Waals surface area contributed by atoms with Gasteiger partial charge in [0.05, 0.1) is 12.1 Å². The molecule has 0 aliphatic heterocycles. The zero-order chi connectivity index (χ0) is 8.39. The van der Waals surface area contributed by atoms with Crippen molar-refractivity contribution in [3.05, 3.63) is 43.1 Å². The topological polar surface area (TPSA) is 17.8 Å². The Kier molecular flexibility index (Phi) is 1.67. The molecule has 2 aromatic rings. The minimum atomic E-state index is 0.740. The third-order valence-corrected chi connectivity index (χ3v) is 1.78. The molecule has 0 unspecified atom stereocenters. The fourth-order valence-corrected chi connectivity index (χ4v) is 1.22. The van der Waals surface area contributed by atoms with Gasteiger partial charge < -0.3 is 0 Å². The highest BCUT2D eigenvalue weighted by atomic mass is 15.3. The maximum absolute atomic E-state index is 4.11. The number of nitrogens with zero attached hydrogens (tertiary/aromatic N) is 2. The molecule has 12 heavy (non-hydrogen) atoms. The van der Waals surface area contributed by atoms with Gasteiger partial charge in [-0.2, -0.15) is 5.10 Å². The summed E-state index contributed by atoms with van der Waals surface area (Å²) < 4.78 is 1.88. The maximum Gasteiger partial charge on any atom is 0.121 e. The van der Waals surface area contributed by atoms with Gasteiger partial charge in [0, 0.05) is 5.39 Å². The van der Waals surface area contributed by atoms with E-state index in [1.165, 1.54) is 0 Å². The van der Waals surface area contributed by atoms with Crippen LogP contribution in [0, 0.1) is 6.20 Å². The van der Waals surface area contributed by atoms with Crippen molar-refractivity contribution in [2.45, 2.75) is 6.54 Å². The van der Waals surface area contributed by atoms with Gasteiger partial charge in [-0.15, -0.1) is 6.58 Å². The smallest absolute Gasteiger partial charge is 0.121 e. The van der Waals surface area contributed by atoms with Crippen molar-refractivity contribution in [2.24, 2.45) is 0 Å². The predicted molar refractivity (Wildman–Crippen MR) is 48.8 cm³/mol. The quantitative estimate of drug-likeness (QED) is 0.610. The molecule has 1 radical (unpaired) electrons. The summed E-state index contributed by atoms with van der Waals surface area (Å²) >= 11 is 0. The van der Waals surface area contributed by atoms with Crippen molar-refractivity contribution in [3.8, 4) is 0 Å². The van der Waals surface area contributed by atoms with Gasteiger partial charge in [0.1, 0.15) is 6.20 Å². The highest BCUT2D eigenvalue weighted by Crippen LogP contribution is 2.11. The Balaban J connectivity index is 2.62. The van der Waals surface area contributed by atoms with E-state index in [1.54, 1.807) is 0 Å². The standard InChI is InChI=1S/C10H9N2/c1-2-7-12-10-6-4-3-5-9(10)8-11-12/h2-6H,1,7H2. The third kappa shape index (κ3) is 1.01. The van der Waals surface area contributed by atoms with Crippen molar-refractivity contribution in [3.63, 3.8) is 0 Å². The molecule has 0 amide bonds. The second kappa shape index (κ2) is 2.81. The highest BCUT2D eigenvalue weighted by Gasteiger charge is 1.98. The highest BCUT2D eigenvalue weighted by molar-refractivity contribution is 5.77. The van der Waals surface area contributed by atoms with Crippen LogP contribution in [0.25, 0.3) is 10.9 Å². The van der Waals surface area contributed by atoms with E-state index in [4.69, 9.17) is 0 Å². The number of hydrogen-bond acceptors (Lipinski definition) is 1. The normalized spacial score (nSPS) is 10.3. The largest absolute Gasteiger partial charge is 0.260 e. The molecule has 1 heterocycles. The van der Waals surface area contributed by atoms with E-state index in [2.05, 4.69) is 17.9 Å². The summed E-state index contributed by atoms with van der Waals surface area (Å²) in [6.07, 6.45) is 4.76. The minimum absolute atomic E-state index is 0.740. The number of benzene rings is 1. The molecule has 0 aliphatic rings. The van der Waals surface area contributed by atoms with Crippen LogP contribution >= 0.6 is 0 Å². The molecular formula is C10H9N2. The molecule has 2 nitrogen and oxygen atoms in total. The Hall–Kier alpha value is -1.57. The molecule has 0 fully saturated rings. The summed E-state index contributed by atoms with van der Waals surface area (Å²) in [6.45, 7) is 4.41. The van der Waals surface area contributed by atoms with E-state index >= 15 is 0 Å². The molecule has 59 valence electrons. The summed E-state index contributed by atoms with van der Waals surface area (Å²) in [5.74, 6) is 0. The van der Waals surface area contributed by atoms with Gasteiger partial charge in [-0.05, 0) is 6.07 Å². The summed E-state index contributed by atoms with van der Waals surface area (Å²) in [5.41, 5.74) is 1.11. The SMILES string of the molecule is C=CCn1n[c]c2ccccc21. The Bertz CT molecular complexity index is 401. The Labute approximate surface area is 71.1 Å². The van der Waals surface area contributed by atoms with E-state index in [9.17, 15) is 0 Å². The number of fused-ring (bicyclic) bond motifs is 1. The fraction of sp³-hybridized carbons (Fsp3) is 0.100. The van der Waals surface area contributed by atoms with Crippen LogP contribution in [0.2, 0.25) is 0 Å². The first kappa shape index (κ1) is 7.10. The van der Waals surface area contributed by atoms with Crippen LogP contribution in [0.5, 0.6) is 0 Å². The van der Waals surface area contributed by atoms with E-state index in [1.807, 2.05) is 35.0 Å². The van der Waals surface area contributed by atoms with E-state index in [-0.39, 0.29) is 0 Å². The van der Waals surface area contributed by atoms with Gasteiger partial charge in [0.2, 0.25) is 0 Å². The molecule has 2 heteroatoms. The van der Waals surface area contributed by atoms with E-state index < -0.39 is 0 Å². The summed E-state index contributed by atoms with van der Waals surface area (Å²) in [4.78, 5) is 0.